The second-order valence-corrected chi connectivity index (χ2v) is 9.01. The van der Waals surface area contributed by atoms with Crippen molar-refractivity contribution in [3.05, 3.63) is 108 Å². The van der Waals surface area contributed by atoms with E-state index in [9.17, 15) is 9.90 Å². The van der Waals surface area contributed by atoms with Gasteiger partial charge in [-0.25, -0.2) is 14.8 Å². The van der Waals surface area contributed by atoms with Gasteiger partial charge in [-0.2, -0.15) is 4.98 Å². The lowest BCUT2D eigenvalue weighted by Crippen LogP contribution is -2.08. The SMILES string of the molecule is CCCCc1nc2cnc(NCc3ccccc3)nc2n1Cc1ccc(-c2ccccc2C(=O)O)cc1. The molecule has 0 saturated carbocycles. The van der Waals surface area contributed by atoms with Crippen LogP contribution < -0.4 is 5.32 Å². The summed E-state index contributed by atoms with van der Waals surface area (Å²) in [6, 6.07) is 25.3. The molecule has 5 rings (SSSR count). The molecule has 0 aliphatic carbocycles. The quantitative estimate of drug-likeness (QED) is 0.242. The van der Waals surface area contributed by atoms with E-state index in [0.717, 1.165) is 52.9 Å². The predicted octanol–water partition coefficient (Wildman–Crippen LogP) is 6.19. The Hall–Kier alpha value is -4.52. The van der Waals surface area contributed by atoms with Crippen molar-refractivity contribution < 1.29 is 9.90 Å². The standard InChI is InChI=1S/C30H29N5O2/c1-2-3-13-27-33-26-19-32-30(31-18-21-9-5-4-6-10-21)34-28(26)35(27)20-22-14-16-23(17-15-22)24-11-7-8-12-25(24)29(36)37/h4-12,14-17,19H,2-3,13,18,20H2,1H3,(H,36,37)(H,31,32,34). The van der Waals surface area contributed by atoms with Crippen LogP contribution in [0.4, 0.5) is 5.95 Å². The molecule has 7 heteroatoms. The lowest BCUT2D eigenvalue weighted by Gasteiger charge is -2.11. The Labute approximate surface area is 215 Å². The number of rotatable bonds is 10. The zero-order valence-electron chi connectivity index (χ0n) is 20.8. The molecule has 0 bridgehead atoms. The highest BCUT2D eigenvalue weighted by Gasteiger charge is 2.15. The normalized spacial score (nSPS) is 11.1. The lowest BCUT2D eigenvalue weighted by molar-refractivity contribution is 0.0697. The number of aryl methyl sites for hydroxylation is 1. The minimum atomic E-state index is -0.929. The van der Waals surface area contributed by atoms with Gasteiger partial charge in [0.2, 0.25) is 5.95 Å². The summed E-state index contributed by atoms with van der Waals surface area (Å²) in [6.45, 7) is 3.43. The smallest absolute Gasteiger partial charge is 0.336 e. The molecule has 2 heterocycles. The summed E-state index contributed by atoms with van der Waals surface area (Å²) in [5.41, 5.74) is 5.71. The molecule has 0 atom stereocenters. The number of benzene rings is 3. The van der Waals surface area contributed by atoms with Gasteiger partial charge < -0.3 is 15.0 Å². The minimum Gasteiger partial charge on any atom is -0.478 e. The van der Waals surface area contributed by atoms with Gasteiger partial charge in [0.25, 0.3) is 0 Å². The summed E-state index contributed by atoms with van der Waals surface area (Å²) in [7, 11) is 0. The molecule has 2 N–H and O–H groups in total. The van der Waals surface area contributed by atoms with Crippen LogP contribution in [-0.2, 0) is 19.5 Å². The maximum Gasteiger partial charge on any atom is 0.336 e. The molecule has 5 aromatic rings. The fourth-order valence-electron chi connectivity index (χ4n) is 4.41. The van der Waals surface area contributed by atoms with Crippen LogP contribution in [0.2, 0.25) is 0 Å². The van der Waals surface area contributed by atoms with Gasteiger partial charge in [-0.1, -0.05) is 86.1 Å². The number of aromatic carboxylic acids is 1. The monoisotopic (exact) mass is 491 g/mol. The Kier molecular flexibility index (Phi) is 7.21. The third kappa shape index (κ3) is 5.51. The van der Waals surface area contributed by atoms with Crippen molar-refractivity contribution in [2.75, 3.05) is 5.32 Å². The van der Waals surface area contributed by atoms with Crippen molar-refractivity contribution in [3.8, 4) is 11.1 Å². The van der Waals surface area contributed by atoms with Crippen LogP contribution in [0.25, 0.3) is 22.3 Å². The molecule has 0 unspecified atom stereocenters. The molecule has 0 amide bonds. The van der Waals surface area contributed by atoms with Gasteiger partial charge in [-0.05, 0) is 34.7 Å². The molecule has 0 radical (unpaired) electrons. The number of anilines is 1. The fraction of sp³-hybridized carbons (Fsp3) is 0.200. The molecule has 37 heavy (non-hydrogen) atoms. The average Bonchev–Trinajstić information content (AvgIpc) is 3.28. The van der Waals surface area contributed by atoms with Crippen LogP contribution >= 0.6 is 0 Å². The Morgan fingerprint density at radius 1 is 0.919 bits per heavy atom. The zero-order valence-corrected chi connectivity index (χ0v) is 20.8. The van der Waals surface area contributed by atoms with Gasteiger partial charge in [-0.15, -0.1) is 0 Å². The van der Waals surface area contributed by atoms with E-state index in [2.05, 4.69) is 33.9 Å². The lowest BCUT2D eigenvalue weighted by atomic mass is 9.99. The summed E-state index contributed by atoms with van der Waals surface area (Å²) < 4.78 is 2.17. The van der Waals surface area contributed by atoms with Gasteiger partial charge in [-0.3, -0.25) is 0 Å². The first-order chi connectivity index (χ1) is 18.1. The summed E-state index contributed by atoms with van der Waals surface area (Å²) in [5, 5.41) is 12.9. The van der Waals surface area contributed by atoms with Crippen molar-refractivity contribution >= 4 is 23.1 Å². The zero-order chi connectivity index (χ0) is 25.6. The number of imidazole rings is 1. The van der Waals surface area contributed by atoms with E-state index in [4.69, 9.17) is 9.97 Å². The van der Waals surface area contributed by atoms with E-state index in [0.29, 0.717) is 30.2 Å². The van der Waals surface area contributed by atoms with Crippen molar-refractivity contribution in [1.82, 2.24) is 19.5 Å². The van der Waals surface area contributed by atoms with E-state index in [-0.39, 0.29) is 0 Å². The summed E-state index contributed by atoms with van der Waals surface area (Å²) in [5.74, 6) is 0.633. The van der Waals surface area contributed by atoms with E-state index < -0.39 is 5.97 Å². The van der Waals surface area contributed by atoms with Gasteiger partial charge in [0, 0.05) is 13.0 Å². The van der Waals surface area contributed by atoms with Gasteiger partial charge in [0.15, 0.2) is 5.65 Å². The molecule has 0 saturated heterocycles. The van der Waals surface area contributed by atoms with E-state index in [1.807, 2.05) is 54.6 Å². The first-order valence-corrected chi connectivity index (χ1v) is 12.5. The molecule has 186 valence electrons. The summed E-state index contributed by atoms with van der Waals surface area (Å²) in [6.07, 6.45) is 4.77. The number of carboxylic acid groups (broad SMARTS) is 1. The fourth-order valence-corrected chi connectivity index (χ4v) is 4.41. The highest BCUT2D eigenvalue weighted by molar-refractivity contribution is 5.96. The van der Waals surface area contributed by atoms with E-state index >= 15 is 0 Å². The molecule has 0 aliphatic heterocycles. The third-order valence-electron chi connectivity index (χ3n) is 6.38. The van der Waals surface area contributed by atoms with E-state index in [1.54, 1.807) is 18.3 Å². The number of hydrogen-bond acceptors (Lipinski definition) is 5. The molecule has 2 aromatic heterocycles. The number of nitrogens with one attached hydrogen (secondary N) is 1. The molecular formula is C30H29N5O2. The largest absolute Gasteiger partial charge is 0.478 e. The van der Waals surface area contributed by atoms with Gasteiger partial charge >= 0.3 is 5.97 Å². The summed E-state index contributed by atoms with van der Waals surface area (Å²) >= 11 is 0. The highest BCUT2D eigenvalue weighted by atomic mass is 16.4. The van der Waals surface area contributed by atoms with Crippen molar-refractivity contribution in [2.24, 2.45) is 0 Å². The summed E-state index contributed by atoms with van der Waals surface area (Å²) in [4.78, 5) is 25.8. The Bertz CT molecular complexity index is 1510. The topological polar surface area (TPSA) is 92.9 Å². The Balaban J connectivity index is 1.43. The first kappa shape index (κ1) is 24.2. The second kappa shape index (κ2) is 11.0. The van der Waals surface area contributed by atoms with Crippen molar-refractivity contribution in [3.63, 3.8) is 0 Å². The number of aromatic nitrogens is 4. The Morgan fingerprint density at radius 2 is 1.68 bits per heavy atom. The van der Waals surface area contributed by atoms with Crippen LogP contribution in [0, 0.1) is 0 Å². The van der Waals surface area contributed by atoms with Crippen molar-refractivity contribution in [1.29, 1.82) is 0 Å². The molecule has 0 fully saturated rings. The number of unbranched alkanes of at least 4 members (excludes halogenated alkanes) is 1. The van der Waals surface area contributed by atoms with Crippen LogP contribution in [0.1, 0.15) is 47.1 Å². The molecule has 0 spiro atoms. The van der Waals surface area contributed by atoms with Gasteiger partial charge in [0.1, 0.15) is 11.3 Å². The number of carbonyl (C=O) groups is 1. The molecule has 7 nitrogen and oxygen atoms in total. The first-order valence-electron chi connectivity index (χ1n) is 12.5. The van der Waals surface area contributed by atoms with E-state index in [1.165, 1.54) is 0 Å². The number of nitrogens with zero attached hydrogens (tertiary/aromatic N) is 4. The van der Waals surface area contributed by atoms with Gasteiger partial charge in [0.05, 0.1) is 18.3 Å². The highest BCUT2D eigenvalue weighted by Crippen LogP contribution is 2.25. The van der Waals surface area contributed by atoms with Crippen molar-refractivity contribution in [2.45, 2.75) is 39.3 Å². The average molecular weight is 492 g/mol. The van der Waals surface area contributed by atoms with Crippen LogP contribution in [0.5, 0.6) is 0 Å². The molecule has 3 aromatic carbocycles. The Morgan fingerprint density at radius 3 is 2.43 bits per heavy atom. The second-order valence-electron chi connectivity index (χ2n) is 9.01. The molecular weight excluding hydrogens is 462 g/mol. The van der Waals surface area contributed by atoms with Crippen LogP contribution in [0.15, 0.2) is 85.1 Å². The number of hydrogen-bond donors (Lipinski definition) is 2. The predicted molar refractivity (Wildman–Crippen MR) is 146 cm³/mol. The maximum atomic E-state index is 11.6. The van der Waals surface area contributed by atoms with Crippen LogP contribution in [-0.4, -0.2) is 30.6 Å². The number of carboxylic acids is 1. The van der Waals surface area contributed by atoms with Crippen LogP contribution in [0.3, 0.4) is 0 Å². The minimum absolute atomic E-state index is 0.296. The maximum absolute atomic E-state index is 11.6. The number of fused-ring (bicyclic) bond motifs is 1. The molecule has 0 aliphatic rings. The third-order valence-corrected chi connectivity index (χ3v) is 6.38.